The molecule has 0 saturated carbocycles. The Balaban J connectivity index is 3.04. The van der Waals surface area contributed by atoms with Crippen LogP contribution in [0.25, 0.3) is 0 Å². The van der Waals surface area contributed by atoms with Crippen molar-refractivity contribution in [3.05, 3.63) is 0 Å². The van der Waals surface area contributed by atoms with Crippen LogP contribution in [0.1, 0.15) is 25.7 Å². The van der Waals surface area contributed by atoms with Gasteiger partial charge in [0.25, 0.3) is 0 Å². The molecule has 0 aliphatic rings. The molecule has 0 heterocycles. The molecule has 0 atom stereocenters. The second-order valence-corrected chi connectivity index (χ2v) is 3.64. The van der Waals surface area contributed by atoms with E-state index in [1.807, 2.05) is 0 Å². The van der Waals surface area contributed by atoms with Gasteiger partial charge in [0.1, 0.15) is 0 Å². The van der Waals surface area contributed by atoms with Crippen LogP contribution in [0.2, 0.25) is 0 Å². The lowest BCUT2D eigenvalue weighted by Gasteiger charge is -2.10. The predicted molar refractivity (Wildman–Crippen MR) is 42.2 cm³/mol. The molecule has 10 heavy (non-hydrogen) atoms. The Morgan fingerprint density at radius 3 is 2.10 bits per heavy atom. The first kappa shape index (κ1) is 10.5. The zero-order valence-corrected chi connectivity index (χ0v) is 7.20. The second-order valence-electron chi connectivity index (χ2n) is 2.20. The Bertz CT molecular complexity index is 80.3. The number of aliphatic hydroxyl groups excluding tert-OH is 1. The van der Waals surface area contributed by atoms with Crippen LogP contribution in [0.4, 0.5) is 0 Å². The summed E-state index contributed by atoms with van der Waals surface area (Å²) < 4.78 is -1.59. The Morgan fingerprint density at radius 2 is 1.70 bits per heavy atom. The molecule has 0 unspecified atom stereocenters. The van der Waals surface area contributed by atoms with Crippen molar-refractivity contribution < 1.29 is 10.2 Å². The quantitative estimate of drug-likeness (QED) is 0.507. The highest BCUT2D eigenvalue weighted by molar-refractivity contribution is 6.46. The minimum atomic E-state index is -1.59. The highest BCUT2D eigenvalue weighted by Gasteiger charge is 2.17. The topological polar surface area (TPSA) is 40.5 Å². The van der Waals surface area contributed by atoms with E-state index in [0.29, 0.717) is 6.42 Å². The minimum Gasteiger partial charge on any atom is -0.396 e. The number of hydrogen-bond acceptors (Lipinski definition) is 2. The number of rotatable bonds is 5. The number of alkyl halides is 2. The maximum absolute atomic E-state index is 8.79. The number of aliphatic hydroxyl groups is 2. The van der Waals surface area contributed by atoms with E-state index in [1.165, 1.54) is 0 Å². The molecule has 0 spiro atoms. The molecule has 2 N–H and O–H groups in total. The highest BCUT2D eigenvalue weighted by atomic mass is 35.5. The summed E-state index contributed by atoms with van der Waals surface area (Å²) in [5, 5.41) is 17.2. The first-order chi connectivity index (χ1) is 4.56. The molecule has 0 bridgehead atoms. The van der Waals surface area contributed by atoms with E-state index in [-0.39, 0.29) is 6.61 Å². The molecule has 0 aliphatic heterocycles. The average molecular weight is 187 g/mol. The van der Waals surface area contributed by atoms with E-state index < -0.39 is 4.52 Å². The third-order valence-corrected chi connectivity index (χ3v) is 1.51. The van der Waals surface area contributed by atoms with Crippen LogP contribution in [-0.2, 0) is 0 Å². The van der Waals surface area contributed by atoms with Gasteiger partial charge in [-0.25, -0.2) is 0 Å². The van der Waals surface area contributed by atoms with E-state index in [9.17, 15) is 0 Å². The van der Waals surface area contributed by atoms with Crippen LogP contribution < -0.4 is 0 Å². The van der Waals surface area contributed by atoms with Gasteiger partial charge in [0, 0.05) is 13.0 Å². The third kappa shape index (κ3) is 8.50. The smallest absolute Gasteiger partial charge is 0.214 e. The van der Waals surface area contributed by atoms with E-state index in [4.69, 9.17) is 33.4 Å². The molecule has 0 aromatic carbocycles. The summed E-state index contributed by atoms with van der Waals surface area (Å²) in [4.78, 5) is 0. The van der Waals surface area contributed by atoms with Crippen molar-refractivity contribution in [3.63, 3.8) is 0 Å². The van der Waals surface area contributed by atoms with Crippen molar-refractivity contribution in [2.45, 2.75) is 30.2 Å². The third-order valence-electron chi connectivity index (χ3n) is 1.14. The summed E-state index contributed by atoms with van der Waals surface area (Å²) in [6.45, 7) is 0.184. The normalized spacial score (nSPS) is 12.0. The van der Waals surface area contributed by atoms with Crippen LogP contribution >= 0.6 is 23.2 Å². The lowest BCUT2D eigenvalue weighted by atomic mass is 10.2. The van der Waals surface area contributed by atoms with Crippen molar-refractivity contribution in [3.8, 4) is 0 Å². The lowest BCUT2D eigenvalue weighted by Crippen LogP contribution is -2.09. The Labute approximate surface area is 70.8 Å². The molecule has 0 fully saturated rings. The van der Waals surface area contributed by atoms with E-state index in [1.54, 1.807) is 0 Å². The number of halogens is 2. The van der Waals surface area contributed by atoms with Gasteiger partial charge in [0.15, 0.2) is 0 Å². The molecule has 0 amide bonds. The van der Waals surface area contributed by atoms with Gasteiger partial charge >= 0.3 is 0 Å². The molecule has 0 radical (unpaired) electrons. The van der Waals surface area contributed by atoms with E-state index >= 15 is 0 Å². The first-order valence-corrected chi connectivity index (χ1v) is 4.03. The van der Waals surface area contributed by atoms with Gasteiger partial charge in [-0.1, -0.05) is 29.6 Å². The standard InChI is InChI=1S/C6H12Cl2O2/c7-6(8,10)4-2-1-3-5-9/h9-10H,1-5H2. The Kier molecular flexibility index (Phi) is 5.45. The Hall–Kier alpha value is 0.500. The number of hydrogen-bond donors (Lipinski definition) is 2. The molecular weight excluding hydrogens is 175 g/mol. The summed E-state index contributed by atoms with van der Waals surface area (Å²) in [6.07, 6.45) is 2.68. The van der Waals surface area contributed by atoms with Crippen LogP contribution in [0, 0.1) is 0 Å². The second kappa shape index (κ2) is 5.19. The van der Waals surface area contributed by atoms with E-state index in [0.717, 1.165) is 19.3 Å². The van der Waals surface area contributed by atoms with Gasteiger partial charge in [0.2, 0.25) is 4.52 Å². The van der Waals surface area contributed by atoms with Crippen LogP contribution in [0.3, 0.4) is 0 Å². The monoisotopic (exact) mass is 186 g/mol. The summed E-state index contributed by atoms with van der Waals surface area (Å²) >= 11 is 10.5. The van der Waals surface area contributed by atoms with Gasteiger partial charge in [-0.2, -0.15) is 0 Å². The van der Waals surface area contributed by atoms with Crippen molar-refractivity contribution in [2.75, 3.05) is 6.61 Å². The zero-order valence-electron chi connectivity index (χ0n) is 5.69. The number of unbranched alkanes of at least 4 members (excludes halogenated alkanes) is 2. The summed E-state index contributed by atoms with van der Waals surface area (Å²) in [5.74, 6) is 0. The predicted octanol–water partition coefficient (Wildman–Crippen LogP) is 1.66. The molecule has 4 heteroatoms. The van der Waals surface area contributed by atoms with Crippen LogP contribution in [0.15, 0.2) is 0 Å². The summed E-state index contributed by atoms with van der Waals surface area (Å²) in [7, 11) is 0. The van der Waals surface area contributed by atoms with Gasteiger partial charge < -0.3 is 10.2 Å². The molecule has 0 rings (SSSR count). The molecule has 0 aliphatic carbocycles. The van der Waals surface area contributed by atoms with E-state index in [2.05, 4.69) is 0 Å². The van der Waals surface area contributed by atoms with Gasteiger partial charge in [-0.3, -0.25) is 0 Å². The highest BCUT2D eigenvalue weighted by Crippen LogP contribution is 2.23. The summed E-state index contributed by atoms with van der Waals surface area (Å²) in [5.41, 5.74) is 0. The molecule has 0 aromatic rings. The maximum atomic E-state index is 8.79. The first-order valence-electron chi connectivity index (χ1n) is 3.27. The molecule has 62 valence electrons. The SMILES string of the molecule is OCCCCCC(O)(Cl)Cl. The zero-order chi connectivity index (χ0) is 8.04. The molecule has 0 aromatic heterocycles. The van der Waals surface area contributed by atoms with Crippen LogP contribution in [-0.4, -0.2) is 21.3 Å². The van der Waals surface area contributed by atoms with Crippen molar-refractivity contribution in [1.82, 2.24) is 0 Å². The van der Waals surface area contributed by atoms with Gasteiger partial charge in [-0.05, 0) is 12.8 Å². The fraction of sp³-hybridized carbons (Fsp3) is 1.00. The molecule has 0 saturated heterocycles. The largest absolute Gasteiger partial charge is 0.396 e. The van der Waals surface area contributed by atoms with Gasteiger partial charge in [0.05, 0.1) is 0 Å². The fourth-order valence-corrected chi connectivity index (χ4v) is 0.894. The maximum Gasteiger partial charge on any atom is 0.214 e. The average Bonchev–Trinajstić information content (AvgIpc) is 1.78. The minimum absolute atomic E-state index is 0.184. The molecule has 2 nitrogen and oxygen atoms in total. The fourth-order valence-electron chi connectivity index (χ4n) is 0.626. The van der Waals surface area contributed by atoms with Crippen LogP contribution in [0.5, 0.6) is 0 Å². The molecular formula is C6H12Cl2O2. The van der Waals surface area contributed by atoms with Crippen molar-refractivity contribution in [1.29, 1.82) is 0 Å². The lowest BCUT2D eigenvalue weighted by molar-refractivity contribution is 0.197. The van der Waals surface area contributed by atoms with Crippen molar-refractivity contribution in [2.24, 2.45) is 0 Å². The van der Waals surface area contributed by atoms with Crippen molar-refractivity contribution >= 4 is 23.2 Å². The Morgan fingerprint density at radius 1 is 1.10 bits per heavy atom. The summed E-state index contributed by atoms with van der Waals surface area (Å²) in [6, 6.07) is 0. The van der Waals surface area contributed by atoms with Gasteiger partial charge in [-0.15, -0.1) is 0 Å².